The molecule has 0 spiro atoms. The number of carbonyl (C=O) groups is 1. The Morgan fingerprint density at radius 1 is 1.21 bits per heavy atom. The van der Waals surface area contributed by atoms with Gasteiger partial charge in [0.05, 0.1) is 41.6 Å². The third kappa shape index (κ3) is 4.66. The third-order valence-corrected chi connectivity index (χ3v) is 7.30. The predicted octanol–water partition coefficient (Wildman–Crippen LogP) is 5.78. The Labute approximate surface area is 226 Å². The highest BCUT2D eigenvalue weighted by atomic mass is 16.5. The van der Waals surface area contributed by atoms with E-state index in [-0.39, 0.29) is 5.91 Å². The molecule has 1 amide bonds. The molecule has 2 aromatic heterocycles. The van der Waals surface area contributed by atoms with Crippen LogP contribution in [0.2, 0.25) is 0 Å². The smallest absolute Gasteiger partial charge is 0.247 e. The Kier molecular flexibility index (Phi) is 6.37. The van der Waals surface area contributed by atoms with Crippen molar-refractivity contribution in [3.05, 3.63) is 67.0 Å². The van der Waals surface area contributed by atoms with Crippen molar-refractivity contribution in [2.75, 3.05) is 35.7 Å². The maximum absolute atomic E-state index is 12.2. The highest BCUT2D eigenvalue weighted by Crippen LogP contribution is 2.42. The number of methoxy groups -OCH3 is 1. The van der Waals surface area contributed by atoms with E-state index in [1.807, 2.05) is 24.3 Å². The summed E-state index contributed by atoms with van der Waals surface area (Å²) in [6.45, 7) is 5.40. The summed E-state index contributed by atoms with van der Waals surface area (Å²) in [5.41, 5.74) is 5.12. The van der Waals surface area contributed by atoms with Gasteiger partial charge in [-0.05, 0) is 43.9 Å². The minimum atomic E-state index is -0.296. The van der Waals surface area contributed by atoms with Gasteiger partial charge in [-0.15, -0.1) is 0 Å². The second-order valence-electron chi connectivity index (χ2n) is 9.85. The molecule has 1 saturated heterocycles. The summed E-state index contributed by atoms with van der Waals surface area (Å²) in [5.74, 6) is 0.615. The standard InChI is InChI=1S/C30H29N7O2/c1-3-28(38)33-23-14-24(27(39-2)15-26(23)36-12-6-7-13-36)34-30-32-17-19(16-31)29(35-30)22-18-37(20-10-11-20)25-9-5-4-8-21(22)25/h3-5,8-9,14-15,17-18,20H,1,6-7,10-13H2,2H3,(H,33,38)(H,32,34,35). The number of amides is 1. The molecule has 4 aromatic rings. The van der Waals surface area contributed by atoms with E-state index >= 15 is 0 Å². The molecule has 1 saturated carbocycles. The summed E-state index contributed by atoms with van der Waals surface area (Å²) in [7, 11) is 1.61. The van der Waals surface area contributed by atoms with Crippen LogP contribution in [0, 0.1) is 11.3 Å². The number of ether oxygens (including phenoxy) is 1. The van der Waals surface area contributed by atoms with Crippen LogP contribution < -0.4 is 20.3 Å². The molecular formula is C30H29N7O2. The molecule has 1 aliphatic carbocycles. The van der Waals surface area contributed by atoms with Gasteiger partial charge in [0.2, 0.25) is 11.9 Å². The Bertz CT molecular complexity index is 1620. The summed E-state index contributed by atoms with van der Waals surface area (Å²) >= 11 is 0. The molecule has 196 valence electrons. The second kappa shape index (κ2) is 10.1. The third-order valence-electron chi connectivity index (χ3n) is 7.30. The van der Waals surface area contributed by atoms with E-state index in [0.29, 0.717) is 40.4 Å². The summed E-state index contributed by atoms with van der Waals surface area (Å²) < 4.78 is 8.01. The largest absolute Gasteiger partial charge is 0.494 e. The minimum Gasteiger partial charge on any atom is -0.494 e. The molecular weight excluding hydrogens is 490 g/mol. The number of nitrogens with zero attached hydrogens (tertiary/aromatic N) is 5. The molecule has 2 aromatic carbocycles. The number of hydrogen-bond donors (Lipinski definition) is 2. The summed E-state index contributed by atoms with van der Waals surface area (Å²) in [5, 5.41) is 17.1. The van der Waals surface area contributed by atoms with Crippen LogP contribution in [0.15, 0.2) is 61.4 Å². The number of anilines is 4. The van der Waals surface area contributed by atoms with Crippen LogP contribution in [0.4, 0.5) is 23.0 Å². The summed E-state index contributed by atoms with van der Waals surface area (Å²) in [6, 6.07) is 14.7. The van der Waals surface area contributed by atoms with Gasteiger partial charge >= 0.3 is 0 Å². The molecule has 1 aliphatic heterocycles. The van der Waals surface area contributed by atoms with E-state index in [1.165, 1.54) is 6.08 Å². The van der Waals surface area contributed by atoms with Gasteiger partial charge in [0.1, 0.15) is 11.8 Å². The lowest BCUT2D eigenvalue weighted by Crippen LogP contribution is -2.21. The van der Waals surface area contributed by atoms with Gasteiger partial charge < -0.3 is 24.8 Å². The zero-order valence-corrected chi connectivity index (χ0v) is 21.8. The first kappa shape index (κ1) is 24.5. The van der Waals surface area contributed by atoms with Crippen molar-refractivity contribution in [1.82, 2.24) is 14.5 Å². The molecule has 39 heavy (non-hydrogen) atoms. The number of nitriles is 1. The van der Waals surface area contributed by atoms with Gasteiger partial charge in [0.15, 0.2) is 0 Å². The summed E-state index contributed by atoms with van der Waals surface area (Å²) in [4.78, 5) is 23.7. The molecule has 2 N–H and O–H groups in total. The fourth-order valence-corrected chi connectivity index (χ4v) is 5.24. The SMILES string of the molecule is C=CC(=O)Nc1cc(Nc2ncc(C#N)c(-c3cn(C4CC4)c4ccccc34)n2)c(OC)cc1N1CCCC1. The van der Waals surface area contributed by atoms with Crippen LogP contribution in [0.25, 0.3) is 22.2 Å². The van der Waals surface area contributed by atoms with E-state index in [0.717, 1.165) is 60.9 Å². The quantitative estimate of drug-likeness (QED) is 0.284. The Morgan fingerprint density at radius 3 is 2.72 bits per heavy atom. The van der Waals surface area contributed by atoms with E-state index in [1.54, 1.807) is 13.3 Å². The zero-order valence-electron chi connectivity index (χ0n) is 21.8. The molecule has 9 heteroatoms. The van der Waals surface area contributed by atoms with Crippen molar-refractivity contribution in [2.45, 2.75) is 31.7 Å². The summed E-state index contributed by atoms with van der Waals surface area (Å²) in [6.07, 6.45) is 9.38. The van der Waals surface area contributed by atoms with Gasteiger partial charge in [0, 0.05) is 47.9 Å². The first-order chi connectivity index (χ1) is 19.1. The fourth-order valence-electron chi connectivity index (χ4n) is 5.24. The van der Waals surface area contributed by atoms with Gasteiger partial charge in [-0.3, -0.25) is 4.79 Å². The van der Waals surface area contributed by atoms with Crippen molar-refractivity contribution < 1.29 is 9.53 Å². The molecule has 0 bridgehead atoms. The molecule has 6 rings (SSSR count). The van der Waals surface area contributed by atoms with Crippen LogP contribution >= 0.6 is 0 Å². The second-order valence-corrected chi connectivity index (χ2v) is 9.85. The average molecular weight is 520 g/mol. The number of rotatable bonds is 8. The molecule has 2 aliphatic rings. The van der Waals surface area contributed by atoms with E-state index in [2.05, 4.69) is 56.1 Å². The molecule has 0 atom stereocenters. The number of para-hydroxylation sites is 1. The van der Waals surface area contributed by atoms with Crippen LogP contribution in [-0.4, -0.2) is 40.6 Å². The predicted molar refractivity (Wildman–Crippen MR) is 153 cm³/mol. The van der Waals surface area contributed by atoms with E-state index in [4.69, 9.17) is 9.72 Å². The average Bonchev–Trinajstić information content (AvgIpc) is 3.51. The van der Waals surface area contributed by atoms with Gasteiger partial charge in [-0.25, -0.2) is 9.97 Å². The highest BCUT2D eigenvalue weighted by Gasteiger charge is 2.27. The number of fused-ring (bicyclic) bond motifs is 1. The number of hydrogen-bond acceptors (Lipinski definition) is 7. The molecule has 0 unspecified atom stereocenters. The van der Waals surface area contributed by atoms with Crippen molar-refractivity contribution in [3.8, 4) is 23.1 Å². The number of nitrogens with one attached hydrogen (secondary N) is 2. The molecule has 3 heterocycles. The topological polar surface area (TPSA) is 108 Å². The van der Waals surface area contributed by atoms with Crippen molar-refractivity contribution in [2.24, 2.45) is 0 Å². The minimum absolute atomic E-state index is 0.296. The van der Waals surface area contributed by atoms with Gasteiger partial charge in [0.25, 0.3) is 0 Å². The first-order valence-corrected chi connectivity index (χ1v) is 13.1. The Morgan fingerprint density at radius 2 is 2.00 bits per heavy atom. The van der Waals surface area contributed by atoms with Crippen LogP contribution in [0.1, 0.15) is 37.3 Å². The Hall–Kier alpha value is -4.84. The van der Waals surface area contributed by atoms with Crippen molar-refractivity contribution in [1.29, 1.82) is 5.26 Å². The first-order valence-electron chi connectivity index (χ1n) is 13.1. The number of benzene rings is 2. The fraction of sp³-hybridized carbons (Fsp3) is 0.267. The molecule has 0 radical (unpaired) electrons. The number of carbonyl (C=O) groups excluding carboxylic acids is 1. The van der Waals surface area contributed by atoms with Crippen LogP contribution in [0.5, 0.6) is 5.75 Å². The lowest BCUT2D eigenvalue weighted by atomic mass is 10.1. The van der Waals surface area contributed by atoms with Crippen molar-refractivity contribution >= 4 is 39.8 Å². The lowest BCUT2D eigenvalue weighted by molar-refractivity contribution is -0.111. The monoisotopic (exact) mass is 519 g/mol. The van der Waals surface area contributed by atoms with E-state index in [9.17, 15) is 10.1 Å². The zero-order chi connectivity index (χ0) is 26.9. The van der Waals surface area contributed by atoms with Crippen molar-refractivity contribution in [3.63, 3.8) is 0 Å². The van der Waals surface area contributed by atoms with E-state index < -0.39 is 0 Å². The normalized spacial score (nSPS) is 14.7. The van der Waals surface area contributed by atoms with Gasteiger partial charge in [-0.1, -0.05) is 24.8 Å². The van der Waals surface area contributed by atoms with Crippen LogP contribution in [-0.2, 0) is 4.79 Å². The molecule has 9 nitrogen and oxygen atoms in total. The maximum atomic E-state index is 12.2. The maximum Gasteiger partial charge on any atom is 0.247 e. The Balaban J connectivity index is 1.42. The highest BCUT2D eigenvalue weighted by molar-refractivity contribution is 6.02. The number of aromatic nitrogens is 3. The lowest BCUT2D eigenvalue weighted by Gasteiger charge is -2.24. The van der Waals surface area contributed by atoms with Gasteiger partial charge in [-0.2, -0.15) is 5.26 Å². The molecule has 2 fully saturated rings. The van der Waals surface area contributed by atoms with Crippen LogP contribution in [0.3, 0.4) is 0 Å².